The first-order valence-corrected chi connectivity index (χ1v) is 8.07. The third-order valence-corrected chi connectivity index (χ3v) is 4.29. The number of benzene rings is 1. The van der Waals surface area contributed by atoms with Crippen molar-refractivity contribution in [3.8, 4) is 11.3 Å². The second-order valence-electron chi connectivity index (χ2n) is 5.65. The highest BCUT2D eigenvalue weighted by Crippen LogP contribution is 2.22. The lowest BCUT2D eigenvalue weighted by Gasteiger charge is -2.26. The quantitative estimate of drug-likeness (QED) is 0.741. The second kappa shape index (κ2) is 6.28. The minimum Gasteiger partial charge on any atom is -0.379 e. The van der Waals surface area contributed by atoms with Crippen LogP contribution in [0, 0.1) is 0 Å². The van der Waals surface area contributed by atoms with E-state index in [0.29, 0.717) is 5.15 Å². The molecular weight excluding hydrogens is 312 g/mol. The van der Waals surface area contributed by atoms with Crippen molar-refractivity contribution in [3.05, 3.63) is 53.3 Å². The van der Waals surface area contributed by atoms with E-state index in [-0.39, 0.29) is 0 Å². The molecule has 3 aromatic rings. The van der Waals surface area contributed by atoms with Crippen LogP contribution in [0.25, 0.3) is 16.9 Å². The van der Waals surface area contributed by atoms with Crippen LogP contribution in [0.3, 0.4) is 0 Å². The molecule has 0 spiro atoms. The van der Waals surface area contributed by atoms with Crippen molar-refractivity contribution < 1.29 is 4.74 Å². The largest absolute Gasteiger partial charge is 0.379 e. The molecule has 0 saturated carbocycles. The van der Waals surface area contributed by atoms with Gasteiger partial charge >= 0.3 is 0 Å². The first-order valence-electron chi connectivity index (χ1n) is 7.69. The van der Waals surface area contributed by atoms with E-state index in [2.05, 4.69) is 39.2 Å². The van der Waals surface area contributed by atoms with Crippen LogP contribution in [0.2, 0.25) is 5.15 Å². The van der Waals surface area contributed by atoms with Crippen LogP contribution < -0.4 is 0 Å². The fourth-order valence-electron chi connectivity index (χ4n) is 2.85. The van der Waals surface area contributed by atoms with Crippen molar-refractivity contribution in [2.75, 3.05) is 26.3 Å². The molecule has 0 radical (unpaired) electrons. The van der Waals surface area contributed by atoms with Gasteiger partial charge in [-0.05, 0) is 17.7 Å². The van der Waals surface area contributed by atoms with Crippen molar-refractivity contribution in [2.45, 2.75) is 6.54 Å². The molecule has 1 aromatic carbocycles. The lowest BCUT2D eigenvalue weighted by atomic mass is 10.1. The van der Waals surface area contributed by atoms with Gasteiger partial charge in [-0.1, -0.05) is 35.9 Å². The normalized spacial score (nSPS) is 16.0. The van der Waals surface area contributed by atoms with Gasteiger partial charge in [0.05, 0.1) is 25.1 Å². The summed E-state index contributed by atoms with van der Waals surface area (Å²) in [6, 6.07) is 12.2. The number of aromatic nitrogens is 3. The van der Waals surface area contributed by atoms with Crippen LogP contribution in [-0.4, -0.2) is 45.8 Å². The third kappa shape index (κ3) is 3.08. The molecule has 0 aliphatic carbocycles. The lowest BCUT2D eigenvalue weighted by Crippen LogP contribution is -2.35. The average Bonchev–Trinajstić information content (AvgIpc) is 2.99. The zero-order chi connectivity index (χ0) is 15.6. The maximum Gasteiger partial charge on any atom is 0.154 e. The molecule has 3 heterocycles. The highest BCUT2D eigenvalue weighted by Gasteiger charge is 2.11. The second-order valence-corrected chi connectivity index (χ2v) is 6.04. The monoisotopic (exact) mass is 328 g/mol. The molecule has 1 aliphatic rings. The van der Waals surface area contributed by atoms with E-state index in [1.807, 2.05) is 12.3 Å². The van der Waals surface area contributed by atoms with Crippen molar-refractivity contribution in [3.63, 3.8) is 0 Å². The summed E-state index contributed by atoms with van der Waals surface area (Å²) in [6.07, 6.45) is 1.83. The van der Waals surface area contributed by atoms with Gasteiger partial charge in [0.2, 0.25) is 0 Å². The molecule has 0 N–H and O–H groups in total. The first-order chi connectivity index (χ1) is 11.3. The van der Waals surface area contributed by atoms with Gasteiger partial charge in [-0.2, -0.15) is 5.10 Å². The number of fused-ring (bicyclic) bond motifs is 1. The lowest BCUT2D eigenvalue weighted by molar-refractivity contribution is 0.0342. The van der Waals surface area contributed by atoms with Gasteiger partial charge in [0.15, 0.2) is 5.65 Å². The minimum atomic E-state index is 0.459. The Labute approximate surface area is 139 Å². The van der Waals surface area contributed by atoms with E-state index < -0.39 is 0 Å². The van der Waals surface area contributed by atoms with Gasteiger partial charge in [0.1, 0.15) is 5.15 Å². The smallest absolute Gasteiger partial charge is 0.154 e. The number of hydrogen-bond acceptors (Lipinski definition) is 4. The molecule has 4 rings (SSSR count). The summed E-state index contributed by atoms with van der Waals surface area (Å²) in [5.74, 6) is 0. The molecule has 0 unspecified atom stereocenters. The van der Waals surface area contributed by atoms with Gasteiger partial charge in [-0.15, -0.1) is 0 Å². The molecule has 0 amide bonds. The summed E-state index contributed by atoms with van der Waals surface area (Å²) in [5.41, 5.74) is 4.12. The molecule has 0 atom stereocenters. The number of nitrogens with zero attached hydrogens (tertiary/aromatic N) is 4. The number of imidazole rings is 1. The number of ether oxygens (including phenoxy) is 1. The number of rotatable bonds is 3. The van der Waals surface area contributed by atoms with E-state index >= 15 is 0 Å². The SMILES string of the molecule is Clc1ccc2ncc(-c3ccc(CN4CCOCC4)cc3)n2n1. The van der Waals surface area contributed by atoms with Crippen LogP contribution in [0.15, 0.2) is 42.6 Å². The zero-order valence-corrected chi connectivity index (χ0v) is 13.4. The van der Waals surface area contributed by atoms with Crippen LogP contribution in [0.5, 0.6) is 0 Å². The van der Waals surface area contributed by atoms with Gasteiger partial charge < -0.3 is 4.74 Å². The number of morpholine rings is 1. The molecule has 1 fully saturated rings. The summed E-state index contributed by atoms with van der Waals surface area (Å²) < 4.78 is 7.16. The Morgan fingerprint density at radius 2 is 1.83 bits per heavy atom. The molecule has 5 nitrogen and oxygen atoms in total. The Morgan fingerprint density at radius 1 is 1.04 bits per heavy atom. The summed E-state index contributed by atoms with van der Waals surface area (Å²) in [4.78, 5) is 6.78. The van der Waals surface area contributed by atoms with Crippen LogP contribution >= 0.6 is 11.6 Å². The Morgan fingerprint density at radius 3 is 2.61 bits per heavy atom. The van der Waals surface area contributed by atoms with Gasteiger partial charge in [0, 0.05) is 25.2 Å². The number of hydrogen-bond donors (Lipinski definition) is 0. The predicted molar refractivity (Wildman–Crippen MR) is 89.5 cm³/mol. The summed E-state index contributed by atoms with van der Waals surface area (Å²) >= 11 is 5.99. The van der Waals surface area contributed by atoms with Crippen molar-refractivity contribution in [1.82, 2.24) is 19.5 Å². The fraction of sp³-hybridized carbons (Fsp3) is 0.294. The Kier molecular flexibility index (Phi) is 3.99. The maximum atomic E-state index is 5.99. The molecule has 1 aliphatic heterocycles. The number of halogens is 1. The Hall–Kier alpha value is -1.95. The molecule has 1 saturated heterocycles. The van der Waals surface area contributed by atoms with E-state index in [4.69, 9.17) is 16.3 Å². The molecular formula is C17H17ClN4O. The van der Waals surface area contributed by atoms with Gasteiger partial charge in [-0.3, -0.25) is 4.90 Å². The highest BCUT2D eigenvalue weighted by atomic mass is 35.5. The van der Waals surface area contributed by atoms with E-state index in [0.717, 1.165) is 49.8 Å². The molecule has 6 heteroatoms. The van der Waals surface area contributed by atoms with E-state index in [9.17, 15) is 0 Å². The van der Waals surface area contributed by atoms with Crippen LogP contribution in [0.1, 0.15) is 5.56 Å². The average molecular weight is 329 g/mol. The highest BCUT2D eigenvalue weighted by molar-refractivity contribution is 6.29. The van der Waals surface area contributed by atoms with Crippen molar-refractivity contribution in [1.29, 1.82) is 0 Å². The molecule has 0 bridgehead atoms. The van der Waals surface area contributed by atoms with Gasteiger partial charge in [-0.25, -0.2) is 9.50 Å². The fourth-order valence-corrected chi connectivity index (χ4v) is 2.98. The van der Waals surface area contributed by atoms with Crippen LogP contribution in [-0.2, 0) is 11.3 Å². The first kappa shape index (κ1) is 14.6. The summed E-state index contributed by atoms with van der Waals surface area (Å²) in [5, 5.41) is 4.78. The van der Waals surface area contributed by atoms with Gasteiger partial charge in [0.25, 0.3) is 0 Å². The molecule has 118 valence electrons. The third-order valence-electron chi connectivity index (χ3n) is 4.09. The summed E-state index contributed by atoms with van der Waals surface area (Å²) in [6.45, 7) is 4.61. The van der Waals surface area contributed by atoms with Crippen molar-refractivity contribution in [2.24, 2.45) is 0 Å². The Bertz CT molecular complexity index is 809. The van der Waals surface area contributed by atoms with E-state index in [1.165, 1.54) is 5.56 Å². The Balaban J connectivity index is 1.58. The maximum absolute atomic E-state index is 5.99. The topological polar surface area (TPSA) is 42.7 Å². The van der Waals surface area contributed by atoms with Crippen molar-refractivity contribution >= 4 is 17.2 Å². The minimum absolute atomic E-state index is 0.459. The van der Waals surface area contributed by atoms with Crippen LogP contribution in [0.4, 0.5) is 0 Å². The summed E-state index contributed by atoms with van der Waals surface area (Å²) in [7, 11) is 0. The zero-order valence-electron chi connectivity index (χ0n) is 12.7. The molecule has 2 aromatic heterocycles. The predicted octanol–water partition coefficient (Wildman–Crippen LogP) is 2.88. The standard InChI is InChI=1S/C17H17ClN4O/c18-16-5-6-17-19-11-15(22(17)20-16)14-3-1-13(2-4-14)12-21-7-9-23-10-8-21/h1-6,11H,7-10,12H2. The molecule has 23 heavy (non-hydrogen) atoms. The van der Waals surface area contributed by atoms with E-state index in [1.54, 1.807) is 10.6 Å².